The van der Waals surface area contributed by atoms with Gasteiger partial charge in [-0.25, -0.2) is 0 Å². The van der Waals surface area contributed by atoms with E-state index in [0.29, 0.717) is 5.92 Å². The molecule has 0 amide bonds. The van der Waals surface area contributed by atoms with Gasteiger partial charge in [-0.3, -0.25) is 0 Å². The van der Waals surface area contributed by atoms with Crippen molar-refractivity contribution >= 4 is 18.1 Å². The highest BCUT2D eigenvalue weighted by Crippen LogP contribution is 2.16. The highest BCUT2D eigenvalue weighted by molar-refractivity contribution is 7.96. The highest BCUT2D eigenvalue weighted by atomic mass is 32.2. The van der Waals surface area contributed by atoms with E-state index in [0.717, 1.165) is 17.3 Å². The molecular formula is C14H23BF4O2S. The Labute approximate surface area is 132 Å². The van der Waals surface area contributed by atoms with Gasteiger partial charge in [-0.1, -0.05) is 38.1 Å². The molecule has 2 N–H and O–H groups in total. The van der Waals surface area contributed by atoms with Crippen molar-refractivity contribution in [3.8, 4) is 0 Å². The fourth-order valence-electron chi connectivity index (χ4n) is 1.74. The molecule has 8 heteroatoms. The average Bonchev–Trinajstić information content (AvgIpc) is 2.38. The zero-order valence-corrected chi connectivity index (χ0v) is 13.6. The molecule has 0 aromatic heterocycles. The minimum absolute atomic E-state index is 0.107. The van der Waals surface area contributed by atoms with Gasteiger partial charge in [0.2, 0.25) is 0 Å². The summed E-state index contributed by atoms with van der Waals surface area (Å²) in [5, 5.41) is 18.0. The van der Waals surface area contributed by atoms with Gasteiger partial charge in [0, 0.05) is 5.56 Å². The van der Waals surface area contributed by atoms with E-state index >= 15 is 0 Å². The molecule has 22 heavy (non-hydrogen) atoms. The second-order valence-corrected chi connectivity index (χ2v) is 7.33. The monoisotopic (exact) mass is 342 g/mol. The lowest BCUT2D eigenvalue weighted by Gasteiger charge is -2.08. The van der Waals surface area contributed by atoms with Gasteiger partial charge in [-0.15, -0.1) is 0 Å². The SMILES string of the molecule is CC(C)c1ccc(C[S+](CCO)CCO)cc1.F[B-](F)(F)F. The molecule has 1 aromatic rings. The minimum Gasteiger partial charge on any atom is -0.418 e. The Morgan fingerprint density at radius 3 is 1.68 bits per heavy atom. The molecule has 0 radical (unpaired) electrons. The van der Waals surface area contributed by atoms with Gasteiger partial charge in [0.1, 0.15) is 17.3 Å². The van der Waals surface area contributed by atoms with E-state index in [1.54, 1.807) is 0 Å². The van der Waals surface area contributed by atoms with Crippen molar-refractivity contribution in [2.75, 3.05) is 24.7 Å². The van der Waals surface area contributed by atoms with Gasteiger partial charge in [0.25, 0.3) is 0 Å². The first-order valence-corrected chi connectivity index (χ1v) is 8.72. The summed E-state index contributed by atoms with van der Waals surface area (Å²) in [7, 11) is -5.89. The second kappa shape index (κ2) is 10.9. The normalized spacial score (nSPS) is 11.5. The molecule has 1 rings (SSSR count). The Morgan fingerprint density at radius 1 is 0.955 bits per heavy atom. The van der Waals surface area contributed by atoms with Crippen LogP contribution in [0.15, 0.2) is 24.3 Å². The van der Waals surface area contributed by atoms with Gasteiger partial charge < -0.3 is 27.5 Å². The van der Waals surface area contributed by atoms with Crippen molar-refractivity contribution in [1.82, 2.24) is 0 Å². The molecule has 0 spiro atoms. The van der Waals surface area contributed by atoms with Crippen LogP contribution in [0.1, 0.15) is 30.9 Å². The molecule has 128 valence electrons. The van der Waals surface area contributed by atoms with Crippen molar-refractivity contribution in [2.24, 2.45) is 0 Å². The third-order valence-corrected chi connectivity index (χ3v) is 5.04. The Hall–Kier alpha value is -0.725. The molecule has 0 fully saturated rings. The number of aliphatic hydroxyl groups is 2. The second-order valence-electron chi connectivity index (χ2n) is 5.00. The third kappa shape index (κ3) is 11.9. The Bertz CT molecular complexity index is 387. The van der Waals surface area contributed by atoms with Crippen molar-refractivity contribution in [1.29, 1.82) is 0 Å². The Morgan fingerprint density at radius 2 is 1.36 bits per heavy atom. The van der Waals surface area contributed by atoms with E-state index < -0.39 is 7.25 Å². The zero-order valence-electron chi connectivity index (χ0n) is 12.8. The molecule has 0 saturated carbocycles. The standard InChI is InChI=1S/C14H23O2S.BF4/c1-12(2)14-5-3-13(4-6-14)11-17(9-7-15)10-8-16;2-1(3,4)5/h3-6,12,15-16H,7-11H2,1-2H3;/q+1;-1. The summed E-state index contributed by atoms with van der Waals surface area (Å²) < 4.78 is 39.0. The van der Waals surface area contributed by atoms with Gasteiger partial charge in [0.15, 0.2) is 0 Å². The van der Waals surface area contributed by atoms with Crippen molar-refractivity contribution in [3.05, 3.63) is 35.4 Å². The summed E-state index contributed by atoms with van der Waals surface area (Å²) in [4.78, 5) is 0. The quantitative estimate of drug-likeness (QED) is 0.454. The number of aliphatic hydroxyl groups excluding tert-OH is 2. The Kier molecular flexibility index (Phi) is 10.6. The molecule has 0 saturated heterocycles. The lowest BCUT2D eigenvalue weighted by atomic mass is 10.0. The summed E-state index contributed by atoms with van der Waals surface area (Å²) in [5.74, 6) is 3.13. The summed E-state index contributed by atoms with van der Waals surface area (Å²) >= 11 is 0. The number of halogens is 4. The van der Waals surface area contributed by atoms with E-state index in [4.69, 9.17) is 10.2 Å². The van der Waals surface area contributed by atoms with Crippen molar-refractivity contribution < 1.29 is 27.5 Å². The summed E-state index contributed by atoms with van der Waals surface area (Å²) in [6, 6.07) is 8.70. The topological polar surface area (TPSA) is 40.5 Å². The van der Waals surface area contributed by atoms with Crippen molar-refractivity contribution in [3.63, 3.8) is 0 Å². The van der Waals surface area contributed by atoms with E-state index in [-0.39, 0.29) is 24.1 Å². The first kappa shape index (κ1) is 21.3. The molecule has 0 aliphatic rings. The van der Waals surface area contributed by atoms with Crippen LogP contribution in [-0.4, -0.2) is 42.2 Å². The third-order valence-electron chi connectivity index (χ3n) is 2.78. The van der Waals surface area contributed by atoms with Crippen LogP contribution >= 0.6 is 0 Å². The fraction of sp³-hybridized carbons (Fsp3) is 0.571. The van der Waals surface area contributed by atoms with Gasteiger partial charge in [0.05, 0.1) is 13.2 Å². The van der Waals surface area contributed by atoms with Gasteiger partial charge in [-0.2, -0.15) is 0 Å². The summed E-state index contributed by atoms with van der Waals surface area (Å²) in [6.07, 6.45) is 0. The van der Waals surface area contributed by atoms with Crippen LogP contribution in [-0.2, 0) is 16.6 Å². The number of rotatable bonds is 7. The minimum atomic E-state index is -6.00. The maximum atomic E-state index is 9.75. The van der Waals surface area contributed by atoms with Crippen molar-refractivity contribution in [2.45, 2.75) is 25.5 Å². The van der Waals surface area contributed by atoms with E-state index in [1.165, 1.54) is 11.1 Å². The van der Waals surface area contributed by atoms with E-state index in [2.05, 4.69) is 38.1 Å². The fourth-order valence-corrected chi connectivity index (χ4v) is 3.41. The Balaban J connectivity index is 0.000000763. The predicted octanol–water partition coefficient (Wildman–Crippen LogP) is 3.21. The van der Waals surface area contributed by atoms with E-state index in [9.17, 15) is 17.3 Å². The molecule has 0 aliphatic carbocycles. The van der Waals surface area contributed by atoms with Crippen LogP contribution in [0.2, 0.25) is 0 Å². The highest BCUT2D eigenvalue weighted by Gasteiger charge is 2.20. The first-order valence-electron chi connectivity index (χ1n) is 6.99. The average molecular weight is 342 g/mol. The lowest BCUT2D eigenvalue weighted by molar-refractivity contribution is 0.316. The first-order chi connectivity index (χ1) is 10.2. The molecular weight excluding hydrogens is 319 g/mol. The summed E-state index contributed by atoms with van der Waals surface area (Å²) in [6.45, 7) is 4.81. The van der Waals surface area contributed by atoms with Crippen LogP contribution in [0.5, 0.6) is 0 Å². The van der Waals surface area contributed by atoms with Crippen LogP contribution in [0.4, 0.5) is 17.3 Å². The van der Waals surface area contributed by atoms with Gasteiger partial charge in [-0.05, 0) is 22.4 Å². The van der Waals surface area contributed by atoms with Crippen LogP contribution in [0.3, 0.4) is 0 Å². The smallest absolute Gasteiger partial charge is 0.418 e. The van der Waals surface area contributed by atoms with Crippen LogP contribution in [0.25, 0.3) is 0 Å². The molecule has 1 aromatic carbocycles. The largest absolute Gasteiger partial charge is 0.673 e. The van der Waals surface area contributed by atoms with E-state index in [1.807, 2.05) is 0 Å². The number of hydrogen-bond donors (Lipinski definition) is 2. The molecule has 0 unspecified atom stereocenters. The van der Waals surface area contributed by atoms with Crippen LogP contribution < -0.4 is 0 Å². The van der Waals surface area contributed by atoms with Gasteiger partial charge >= 0.3 is 7.25 Å². The maximum absolute atomic E-state index is 9.75. The predicted molar refractivity (Wildman–Crippen MR) is 85.7 cm³/mol. The number of benzene rings is 1. The molecule has 0 atom stereocenters. The number of hydrogen-bond acceptors (Lipinski definition) is 2. The molecule has 0 heterocycles. The molecule has 0 bridgehead atoms. The zero-order chi connectivity index (χ0) is 17.2. The molecule has 0 aliphatic heterocycles. The summed E-state index contributed by atoms with van der Waals surface area (Å²) in [5.41, 5.74) is 2.66. The maximum Gasteiger partial charge on any atom is 0.673 e. The lowest BCUT2D eigenvalue weighted by Crippen LogP contribution is -2.19. The molecule has 2 nitrogen and oxygen atoms in total. The van der Waals surface area contributed by atoms with Crippen LogP contribution in [0, 0.1) is 0 Å².